The molecule has 0 bridgehead atoms. The number of hydrogen-bond donors (Lipinski definition) is 0. The second kappa shape index (κ2) is 7.24. The second-order valence-electron chi connectivity index (χ2n) is 5.80. The van der Waals surface area contributed by atoms with E-state index in [0.717, 1.165) is 25.0 Å². The molecule has 0 spiro atoms. The molecule has 1 aliphatic heterocycles. The van der Waals surface area contributed by atoms with Crippen LogP contribution in [0.1, 0.15) is 32.1 Å². The van der Waals surface area contributed by atoms with Gasteiger partial charge in [0.2, 0.25) is 0 Å². The number of ether oxygens (including phenoxy) is 3. The Hall–Kier alpha value is -1.40. The molecule has 0 saturated carbocycles. The molecule has 6 nitrogen and oxygen atoms in total. The fourth-order valence-corrected chi connectivity index (χ4v) is 3.58. The minimum Gasteiger partial charge on any atom is -0.469 e. The van der Waals surface area contributed by atoms with Crippen molar-refractivity contribution in [1.29, 1.82) is 0 Å². The maximum Gasteiger partial charge on any atom is 0.330 e. The lowest BCUT2D eigenvalue weighted by molar-refractivity contribution is -0.154. The Morgan fingerprint density at radius 3 is 2.73 bits per heavy atom. The van der Waals surface area contributed by atoms with Crippen LogP contribution < -0.4 is 0 Å². The number of esters is 2. The van der Waals surface area contributed by atoms with Crippen LogP contribution in [0.4, 0.5) is 0 Å². The third kappa shape index (κ3) is 3.03. The van der Waals surface area contributed by atoms with E-state index in [1.165, 1.54) is 14.2 Å². The van der Waals surface area contributed by atoms with E-state index >= 15 is 0 Å². The standard InChI is InChI=1S/C16H25NO5/c1-20-13-7-6-12-8-10-17(9-4-5-14(18)21-2)16(12,11-13)15(19)22-3/h6,13H,4-5,7-11H2,1-3H3/t13-,16-/m0/s1. The number of fused-ring (bicyclic) bond motifs is 1. The van der Waals surface area contributed by atoms with Gasteiger partial charge in [0.25, 0.3) is 0 Å². The van der Waals surface area contributed by atoms with E-state index in [1.807, 2.05) is 0 Å². The summed E-state index contributed by atoms with van der Waals surface area (Å²) in [5, 5.41) is 0. The van der Waals surface area contributed by atoms with Gasteiger partial charge < -0.3 is 14.2 Å². The zero-order chi connectivity index (χ0) is 16.2. The topological polar surface area (TPSA) is 65.1 Å². The quantitative estimate of drug-likeness (QED) is 0.544. The van der Waals surface area contributed by atoms with E-state index in [1.54, 1.807) is 7.11 Å². The largest absolute Gasteiger partial charge is 0.469 e. The summed E-state index contributed by atoms with van der Waals surface area (Å²) in [6.07, 6.45) is 5.47. The summed E-state index contributed by atoms with van der Waals surface area (Å²) in [6.45, 7) is 1.47. The third-order valence-corrected chi connectivity index (χ3v) is 4.77. The van der Waals surface area contributed by atoms with Crippen molar-refractivity contribution in [3.63, 3.8) is 0 Å². The Balaban J connectivity index is 2.15. The molecule has 6 heteroatoms. The Labute approximate surface area is 131 Å². The Bertz CT molecular complexity index is 461. The number of carbonyl (C=O) groups is 2. The van der Waals surface area contributed by atoms with Crippen molar-refractivity contribution in [3.05, 3.63) is 11.6 Å². The molecule has 0 radical (unpaired) electrons. The van der Waals surface area contributed by atoms with Gasteiger partial charge in [-0.3, -0.25) is 9.69 Å². The second-order valence-corrected chi connectivity index (χ2v) is 5.80. The monoisotopic (exact) mass is 311 g/mol. The highest BCUT2D eigenvalue weighted by Gasteiger charge is 2.54. The van der Waals surface area contributed by atoms with E-state index in [-0.39, 0.29) is 18.0 Å². The van der Waals surface area contributed by atoms with Gasteiger partial charge in [-0.25, -0.2) is 4.79 Å². The molecule has 0 aromatic heterocycles. The molecule has 22 heavy (non-hydrogen) atoms. The number of carbonyl (C=O) groups excluding carboxylic acids is 2. The van der Waals surface area contributed by atoms with Crippen LogP contribution in [0.2, 0.25) is 0 Å². The number of likely N-dealkylation sites (tertiary alicyclic amines) is 1. The SMILES string of the molecule is COC(=O)CCCN1CCC2=CC[C@H](OC)C[C@@]21C(=O)OC. The van der Waals surface area contributed by atoms with Gasteiger partial charge in [-0.05, 0) is 24.8 Å². The van der Waals surface area contributed by atoms with E-state index < -0.39 is 5.54 Å². The Kier molecular flexibility index (Phi) is 5.58. The molecule has 2 atom stereocenters. The molecule has 0 N–H and O–H groups in total. The van der Waals surface area contributed by atoms with Gasteiger partial charge >= 0.3 is 11.9 Å². The Morgan fingerprint density at radius 2 is 2.09 bits per heavy atom. The minimum absolute atomic E-state index is 0.0176. The lowest BCUT2D eigenvalue weighted by atomic mass is 9.79. The molecule has 0 aromatic carbocycles. The molecule has 0 amide bonds. The molecule has 2 aliphatic rings. The fourth-order valence-electron chi connectivity index (χ4n) is 3.58. The number of hydrogen-bond acceptors (Lipinski definition) is 6. The lowest BCUT2D eigenvalue weighted by Gasteiger charge is -2.41. The average Bonchev–Trinajstić information content (AvgIpc) is 2.92. The van der Waals surface area contributed by atoms with Crippen LogP contribution >= 0.6 is 0 Å². The van der Waals surface area contributed by atoms with Crippen molar-refractivity contribution < 1.29 is 23.8 Å². The highest BCUT2D eigenvalue weighted by atomic mass is 16.5. The highest BCUT2D eigenvalue weighted by Crippen LogP contribution is 2.43. The van der Waals surface area contributed by atoms with Gasteiger partial charge in [-0.2, -0.15) is 0 Å². The van der Waals surface area contributed by atoms with Gasteiger partial charge in [-0.1, -0.05) is 6.08 Å². The first-order chi connectivity index (χ1) is 10.6. The summed E-state index contributed by atoms with van der Waals surface area (Å²) >= 11 is 0. The highest BCUT2D eigenvalue weighted by molar-refractivity contribution is 5.86. The van der Waals surface area contributed by atoms with E-state index in [4.69, 9.17) is 9.47 Å². The van der Waals surface area contributed by atoms with E-state index in [0.29, 0.717) is 25.8 Å². The van der Waals surface area contributed by atoms with Gasteiger partial charge in [0.1, 0.15) is 5.54 Å². The maximum atomic E-state index is 12.5. The van der Waals surface area contributed by atoms with Crippen LogP contribution in [0.25, 0.3) is 0 Å². The summed E-state index contributed by atoms with van der Waals surface area (Å²) in [4.78, 5) is 26.0. The minimum atomic E-state index is -0.718. The summed E-state index contributed by atoms with van der Waals surface area (Å²) in [5.41, 5.74) is 0.412. The molecule has 0 aromatic rings. The van der Waals surface area contributed by atoms with Crippen molar-refractivity contribution >= 4 is 11.9 Å². The smallest absolute Gasteiger partial charge is 0.330 e. The van der Waals surface area contributed by atoms with Crippen LogP contribution in [-0.2, 0) is 23.8 Å². The van der Waals surface area contributed by atoms with Gasteiger partial charge in [0, 0.05) is 33.0 Å². The van der Waals surface area contributed by atoms with E-state index in [9.17, 15) is 9.59 Å². The van der Waals surface area contributed by atoms with Crippen molar-refractivity contribution in [2.75, 3.05) is 34.4 Å². The molecule has 124 valence electrons. The van der Waals surface area contributed by atoms with Crippen molar-refractivity contribution in [2.45, 2.75) is 43.7 Å². The van der Waals surface area contributed by atoms with Crippen molar-refractivity contribution in [2.24, 2.45) is 0 Å². The molecular formula is C16H25NO5. The Morgan fingerprint density at radius 1 is 1.32 bits per heavy atom. The average molecular weight is 311 g/mol. The van der Waals surface area contributed by atoms with Crippen LogP contribution in [0.3, 0.4) is 0 Å². The van der Waals surface area contributed by atoms with Gasteiger partial charge in [-0.15, -0.1) is 0 Å². The molecule has 2 rings (SSSR count). The number of rotatable bonds is 6. The summed E-state index contributed by atoms with van der Waals surface area (Å²) < 4.78 is 15.2. The van der Waals surface area contributed by atoms with Gasteiger partial charge in [0.15, 0.2) is 0 Å². The predicted octanol–water partition coefficient (Wildman–Crippen LogP) is 1.29. The first-order valence-electron chi connectivity index (χ1n) is 7.71. The summed E-state index contributed by atoms with van der Waals surface area (Å²) in [7, 11) is 4.49. The molecule has 1 fully saturated rings. The normalized spacial score (nSPS) is 28.0. The first kappa shape index (κ1) is 17.0. The lowest BCUT2D eigenvalue weighted by Crippen LogP contribution is -2.55. The van der Waals surface area contributed by atoms with Crippen LogP contribution in [-0.4, -0.2) is 62.9 Å². The zero-order valence-electron chi connectivity index (χ0n) is 13.6. The molecule has 0 unspecified atom stereocenters. The van der Waals surface area contributed by atoms with Gasteiger partial charge in [0.05, 0.1) is 20.3 Å². The molecule has 1 aliphatic carbocycles. The zero-order valence-corrected chi connectivity index (χ0v) is 13.6. The molecule has 1 heterocycles. The maximum absolute atomic E-state index is 12.5. The molecular weight excluding hydrogens is 286 g/mol. The number of nitrogens with zero attached hydrogens (tertiary/aromatic N) is 1. The van der Waals surface area contributed by atoms with Crippen molar-refractivity contribution in [1.82, 2.24) is 4.90 Å². The fraction of sp³-hybridized carbons (Fsp3) is 0.750. The first-order valence-corrected chi connectivity index (χ1v) is 7.71. The van der Waals surface area contributed by atoms with Crippen LogP contribution in [0.5, 0.6) is 0 Å². The summed E-state index contributed by atoms with van der Waals surface area (Å²) in [6, 6.07) is 0. The van der Waals surface area contributed by atoms with E-state index in [2.05, 4.69) is 15.7 Å². The predicted molar refractivity (Wildman–Crippen MR) is 80.3 cm³/mol. The summed E-state index contributed by atoms with van der Waals surface area (Å²) in [5.74, 6) is -0.448. The number of methoxy groups -OCH3 is 3. The molecule has 1 saturated heterocycles. The van der Waals surface area contributed by atoms with Crippen LogP contribution in [0, 0.1) is 0 Å². The van der Waals surface area contributed by atoms with Crippen molar-refractivity contribution in [3.8, 4) is 0 Å². The van der Waals surface area contributed by atoms with Crippen LogP contribution in [0.15, 0.2) is 11.6 Å². The third-order valence-electron chi connectivity index (χ3n) is 4.77.